The summed E-state index contributed by atoms with van der Waals surface area (Å²) in [5.41, 5.74) is 5.12. The van der Waals surface area contributed by atoms with Gasteiger partial charge >= 0.3 is 0 Å². The number of nitrogens with two attached hydrogens (primary N) is 1. The Labute approximate surface area is 95.9 Å². The summed E-state index contributed by atoms with van der Waals surface area (Å²) < 4.78 is -0.234. The van der Waals surface area contributed by atoms with Crippen molar-refractivity contribution < 1.29 is 4.79 Å². The predicted octanol–water partition coefficient (Wildman–Crippen LogP) is 1.76. The molecular formula is C7H8Cl3N3O. The summed E-state index contributed by atoms with van der Waals surface area (Å²) in [5, 5.41) is 0. The summed E-state index contributed by atoms with van der Waals surface area (Å²) in [6.07, 6.45) is 2.98. The van der Waals surface area contributed by atoms with E-state index in [4.69, 9.17) is 40.5 Å². The number of primary amides is 1. The Bertz CT molecular complexity index is 344. The molecule has 1 rings (SSSR count). The number of amides is 1. The molecule has 7 heteroatoms. The fourth-order valence-corrected chi connectivity index (χ4v) is 1.42. The highest BCUT2D eigenvalue weighted by Crippen LogP contribution is 2.37. The molecule has 1 aromatic rings. The minimum absolute atomic E-state index is 0.175. The van der Waals surface area contributed by atoms with Gasteiger partial charge < -0.3 is 10.3 Å². The normalized spacial score (nSPS) is 14.0. The first kappa shape index (κ1) is 11.6. The molecule has 1 unspecified atom stereocenters. The van der Waals surface area contributed by atoms with Crippen LogP contribution >= 0.6 is 34.8 Å². The van der Waals surface area contributed by atoms with Gasteiger partial charge in [-0.1, -0.05) is 34.8 Å². The Kier molecular flexibility index (Phi) is 3.29. The van der Waals surface area contributed by atoms with Gasteiger partial charge in [0.25, 0.3) is 0 Å². The lowest BCUT2D eigenvalue weighted by atomic mass is 10.3. The van der Waals surface area contributed by atoms with E-state index < -0.39 is 15.7 Å². The summed E-state index contributed by atoms with van der Waals surface area (Å²) in [7, 11) is 0. The topological polar surface area (TPSA) is 60.9 Å². The van der Waals surface area contributed by atoms with Gasteiger partial charge in [0.15, 0.2) is 5.82 Å². The van der Waals surface area contributed by atoms with E-state index in [1.54, 1.807) is 6.92 Å². The number of carbonyl (C=O) groups excluding carboxylic acids is 1. The van der Waals surface area contributed by atoms with Crippen molar-refractivity contribution in [2.24, 2.45) is 5.73 Å². The third-order valence-corrected chi connectivity index (χ3v) is 2.26. The lowest BCUT2D eigenvalue weighted by Crippen LogP contribution is -2.26. The van der Waals surface area contributed by atoms with Crippen molar-refractivity contribution in [3.05, 3.63) is 18.2 Å². The molecule has 1 atom stereocenters. The lowest BCUT2D eigenvalue weighted by Gasteiger charge is -2.17. The Morgan fingerprint density at radius 1 is 1.64 bits per heavy atom. The molecule has 1 aromatic heterocycles. The molecule has 78 valence electrons. The molecule has 0 spiro atoms. The molecule has 1 amide bonds. The summed E-state index contributed by atoms with van der Waals surface area (Å²) in [6.45, 7) is 1.60. The van der Waals surface area contributed by atoms with Crippen molar-refractivity contribution >= 4 is 40.7 Å². The zero-order chi connectivity index (χ0) is 10.9. The SMILES string of the molecule is CC(C(N)=O)n1ccnc1C(Cl)(Cl)Cl. The molecule has 0 aliphatic heterocycles. The van der Waals surface area contributed by atoms with Gasteiger partial charge in [-0.05, 0) is 6.92 Å². The van der Waals surface area contributed by atoms with Crippen LogP contribution in [0.4, 0.5) is 0 Å². The standard InChI is InChI=1S/C7H8Cl3N3O/c1-4(5(11)14)13-3-2-12-6(13)7(8,9)10/h2-4H,1H3,(H2,11,14). The fraction of sp³-hybridized carbons (Fsp3) is 0.429. The minimum Gasteiger partial charge on any atom is -0.368 e. The monoisotopic (exact) mass is 255 g/mol. The van der Waals surface area contributed by atoms with E-state index in [1.807, 2.05) is 0 Å². The third-order valence-electron chi connectivity index (χ3n) is 1.75. The van der Waals surface area contributed by atoms with E-state index in [-0.39, 0.29) is 5.82 Å². The van der Waals surface area contributed by atoms with Gasteiger partial charge in [0.2, 0.25) is 9.70 Å². The van der Waals surface area contributed by atoms with E-state index in [1.165, 1.54) is 17.0 Å². The molecule has 0 aromatic carbocycles. The van der Waals surface area contributed by atoms with E-state index in [0.717, 1.165) is 0 Å². The van der Waals surface area contributed by atoms with Gasteiger partial charge in [-0.25, -0.2) is 4.98 Å². The quantitative estimate of drug-likeness (QED) is 0.820. The van der Waals surface area contributed by atoms with Crippen LogP contribution < -0.4 is 5.73 Å². The first-order valence-corrected chi connectivity index (χ1v) is 4.86. The van der Waals surface area contributed by atoms with Crippen molar-refractivity contribution in [1.82, 2.24) is 9.55 Å². The summed E-state index contributed by atoms with van der Waals surface area (Å²) in [5.74, 6) is -0.340. The molecular weight excluding hydrogens is 248 g/mol. The summed E-state index contributed by atoms with van der Waals surface area (Å²) in [6, 6.07) is -0.594. The van der Waals surface area contributed by atoms with Gasteiger partial charge in [-0.3, -0.25) is 4.79 Å². The number of hydrogen-bond donors (Lipinski definition) is 1. The van der Waals surface area contributed by atoms with Crippen LogP contribution in [0.3, 0.4) is 0 Å². The van der Waals surface area contributed by atoms with E-state index in [9.17, 15) is 4.79 Å². The van der Waals surface area contributed by atoms with Crippen LogP contribution in [0.5, 0.6) is 0 Å². The molecule has 1 heterocycles. The highest BCUT2D eigenvalue weighted by atomic mass is 35.6. The molecule has 0 aliphatic carbocycles. The zero-order valence-corrected chi connectivity index (χ0v) is 9.51. The average Bonchev–Trinajstić information content (AvgIpc) is 2.48. The number of imidazole rings is 1. The molecule has 0 saturated heterocycles. The smallest absolute Gasteiger partial charge is 0.248 e. The van der Waals surface area contributed by atoms with Crippen LogP contribution in [-0.2, 0) is 8.59 Å². The molecule has 4 nitrogen and oxygen atoms in total. The number of rotatable bonds is 2. The lowest BCUT2D eigenvalue weighted by molar-refractivity contribution is -0.120. The molecule has 14 heavy (non-hydrogen) atoms. The largest absolute Gasteiger partial charge is 0.368 e. The van der Waals surface area contributed by atoms with E-state index in [0.29, 0.717) is 0 Å². The summed E-state index contributed by atoms with van der Waals surface area (Å²) >= 11 is 16.9. The molecule has 0 bridgehead atoms. The van der Waals surface area contributed by atoms with E-state index >= 15 is 0 Å². The van der Waals surface area contributed by atoms with Crippen molar-refractivity contribution in [2.75, 3.05) is 0 Å². The first-order chi connectivity index (χ1) is 6.34. The second-order valence-electron chi connectivity index (χ2n) is 2.73. The van der Waals surface area contributed by atoms with Crippen LogP contribution in [0.2, 0.25) is 0 Å². The molecule has 0 aliphatic rings. The van der Waals surface area contributed by atoms with Gasteiger partial charge in [0, 0.05) is 12.4 Å². The van der Waals surface area contributed by atoms with Crippen molar-refractivity contribution in [1.29, 1.82) is 0 Å². The van der Waals surface area contributed by atoms with Crippen LogP contribution in [0.25, 0.3) is 0 Å². The number of hydrogen-bond acceptors (Lipinski definition) is 2. The van der Waals surface area contributed by atoms with Crippen molar-refractivity contribution in [3.8, 4) is 0 Å². The van der Waals surface area contributed by atoms with E-state index in [2.05, 4.69) is 4.98 Å². The van der Waals surface area contributed by atoms with Crippen molar-refractivity contribution in [3.63, 3.8) is 0 Å². The predicted molar refractivity (Wildman–Crippen MR) is 55.4 cm³/mol. The molecule has 0 saturated carbocycles. The number of aromatic nitrogens is 2. The Hall–Kier alpha value is -0.450. The second kappa shape index (κ2) is 3.96. The zero-order valence-electron chi connectivity index (χ0n) is 7.25. The second-order valence-corrected chi connectivity index (χ2v) is 5.02. The van der Waals surface area contributed by atoms with Gasteiger partial charge in [-0.2, -0.15) is 0 Å². The number of carbonyl (C=O) groups is 1. The fourth-order valence-electron chi connectivity index (χ4n) is 0.982. The van der Waals surface area contributed by atoms with Gasteiger partial charge in [0.1, 0.15) is 6.04 Å². The van der Waals surface area contributed by atoms with Gasteiger partial charge in [-0.15, -0.1) is 0 Å². The average molecular weight is 257 g/mol. The highest BCUT2D eigenvalue weighted by molar-refractivity contribution is 6.66. The molecule has 2 N–H and O–H groups in total. The first-order valence-electron chi connectivity index (χ1n) is 3.73. The number of nitrogens with zero attached hydrogens (tertiary/aromatic N) is 2. The van der Waals surface area contributed by atoms with Gasteiger partial charge in [0.05, 0.1) is 0 Å². The van der Waals surface area contributed by atoms with Crippen LogP contribution in [0, 0.1) is 0 Å². The maximum absolute atomic E-state index is 10.9. The molecule has 0 fully saturated rings. The third kappa shape index (κ3) is 2.32. The molecule has 0 radical (unpaired) electrons. The Morgan fingerprint density at radius 2 is 2.21 bits per heavy atom. The number of halogens is 3. The highest BCUT2D eigenvalue weighted by Gasteiger charge is 2.30. The van der Waals surface area contributed by atoms with Crippen LogP contribution in [0.1, 0.15) is 18.8 Å². The maximum Gasteiger partial charge on any atom is 0.248 e. The Morgan fingerprint density at radius 3 is 2.64 bits per heavy atom. The van der Waals surface area contributed by atoms with Crippen molar-refractivity contribution in [2.45, 2.75) is 16.8 Å². The van der Waals surface area contributed by atoms with Crippen LogP contribution in [0.15, 0.2) is 12.4 Å². The van der Waals surface area contributed by atoms with Crippen LogP contribution in [-0.4, -0.2) is 15.5 Å². The maximum atomic E-state index is 10.9. The Balaban J connectivity index is 3.11. The number of alkyl halides is 3. The minimum atomic E-state index is -1.66. The summed E-state index contributed by atoms with van der Waals surface area (Å²) in [4.78, 5) is 14.8.